The number of rotatable bonds is 10. The van der Waals surface area contributed by atoms with Crippen molar-refractivity contribution in [3.05, 3.63) is 65.2 Å². The third kappa shape index (κ3) is 6.56. The molecule has 1 aliphatic rings. The van der Waals surface area contributed by atoms with E-state index < -0.39 is 6.10 Å². The van der Waals surface area contributed by atoms with E-state index in [4.69, 9.17) is 4.74 Å². The molecule has 6 heteroatoms. The number of β-amino-alcohol motifs (C(OH)–C–C–N with tert-alkyl or cyclic N) is 1. The normalized spacial score (nSPS) is 14.8. The Morgan fingerprint density at radius 3 is 2.69 bits per heavy atom. The van der Waals surface area contributed by atoms with Crippen molar-refractivity contribution < 1.29 is 14.6 Å². The summed E-state index contributed by atoms with van der Waals surface area (Å²) in [5.74, 6) is 0.567. The number of hydrogen-bond donors (Lipinski definition) is 3. The number of carbonyl (C=O) groups is 1. The zero-order valence-electron chi connectivity index (χ0n) is 17.1. The van der Waals surface area contributed by atoms with Crippen LogP contribution in [-0.2, 0) is 13.0 Å². The molecule has 2 aromatic carbocycles. The molecule has 3 rings (SSSR count). The molecule has 0 aliphatic carbocycles. The van der Waals surface area contributed by atoms with E-state index in [0.29, 0.717) is 18.7 Å². The van der Waals surface area contributed by atoms with Crippen LogP contribution in [0.4, 0.5) is 0 Å². The fourth-order valence-corrected chi connectivity index (χ4v) is 3.53. The summed E-state index contributed by atoms with van der Waals surface area (Å²) < 4.78 is 5.63. The number of nitrogens with one attached hydrogen (secondary N) is 2. The molecule has 0 fully saturated rings. The van der Waals surface area contributed by atoms with Crippen LogP contribution in [0.2, 0.25) is 0 Å². The van der Waals surface area contributed by atoms with Gasteiger partial charge in [0.2, 0.25) is 0 Å². The maximum absolute atomic E-state index is 12.3. The number of aliphatic hydroxyl groups is 1. The van der Waals surface area contributed by atoms with Gasteiger partial charge < -0.3 is 20.5 Å². The van der Waals surface area contributed by atoms with Crippen molar-refractivity contribution in [2.45, 2.75) is 25.5 Å². The molecule has 6 nitrogen and oxygen atoms in total. The Labute approximate surface area is 172 Å². The lowest BCUT2D eigenvalue weighted by Crippen LogP contribution is -2.42. The Balaban J connectivity index is 1.39. The monoisotopic (exact) mass is 397 g/mol. The van der Waals surface area contributed by atoms with Crippen LogP contribution in [0.3, 0.4) is 0 Å². The van der Waals surface area contributed by atoms with Gasteiger partial charge >= 0.3 is 0 Å². The van der Waals surface area contributed by atoms with Crippen molar-refractivity contribution in [1.29, 1.82) is 0 Å². The first kappa shape index (κ1) is 21.3. The second-order valence-electron chi connectivity index (χ2n) is 7.45. The summed E-state index contributed by atoms with van der Waals surface area (Å²) in [7, 11) is 1.91. The minimum absolute atomic E-state index is 0.185. The van der Waals surface area contributed by atoms with Gasteiger partial charge in [-0.2, -0.15) is 0 Å². The number of carbonyl (C=O) groups excluding carboxylic acids is 1. The average Bonchev–Trinajstić information content (AvgIpc) is 2.75. The van der Waals surface area contributed by atoms with Crippen LogP contribution in [0, 0.1) is 0 Å². The van der Waals surface area contributed by atoms with Crippen molar-refractivity contribution >= 4 is 5.91 Å². The molecular weight excluding hydrogens is 366 g/mol. The average molecular weight is 398 g/mol. The summed E-state index contributed by atoms with van der Waals surface area (Å²) in [4.78, 5) is 14.6. The van der Waals surface area contributed by atoms with Crippen LogP contribution in [0.1, 0.15) is 27.9 Å². The molecular formula is C23H31N3O3. The topological polar surface area (TPSA) is 73.8 Å². The van der Waals surface area contributed by atoms with Crippen LogP contribution in [0.25, 0.3) is 0 Å². The largest absolute Gasteiger partial charge is 0.494 e. The van der Waals surface area contributed by atoms with Crippen molar-refractivity contribution in [2.24, 2.45) is 0 Å². The number of aliphatic hydroxyl groups excluding tert-OH is 1. The van der Waals surface area contributed by atoms with Gasteiger partial charge in [-0.05, 0) is 61.8 Å². The molecule has 0 bridgehead atoms. The van der Waals surface area contributed by atoms with Gasteiger partial charge in [-0.25, -0.2) is 0 Å². The first-order chi connectivity index (χ1) is 14.2. The maximum Gasteiger partial charge on any atom is 0.251 e. The van der Waals surface area contributed by atoms with E-state index in [2.05, 4.69) is 39.8 Å². The predicted molar refractivity (Wildman–Crippen MR) is 114 cm³/mol. The quantitative estimate of drug-likeness (QED) is 0.534. The maximum atomic E-state index is 12.3. The van der Waals surface area contributed by atoms with Gasteiger partial charge in [0.05, 0.1) is 12.7 Å². The number of hydrogen-bond acceptors (Lipinski definition) is 5. The molecule has 156 valence electrons. The van der Waals surface area contributed by atoms with Crippen LogP contribution in [-0.4, -0.2) is 61.9 Å². The lowest BCUT2D eigenvalue weighted by Gasteiger charge is -2.30. The van der Waals surface area contributed by atoms with E-state index in [1.165, 1.54) is 11.1 Å². The van der Waals surface area contributed by atoms with Crippen molar-refractivity contribution in [3.8, 4) is 5.75 Å². The molecule has 0 saturated carbocycles. The third-order valence-electron chi connectivity index (χ3n) is 5.13. The van der Waals surface area contributed by atoms with Gasteiger partial charge in [-0.3, -0.25) is 9.69 Å². The van der Waals surface area contributed by atoms with E-state index in [-0.39, 0.29) is 12.5 Å². The molecule has 0 aromatic heterocycles. The van der Waals surface area contributed by atoms with Gasteiger partial charge in [0.1, 0.15) is 5.75 Å². The fraction of sp³-hybridized carbons (Fsp3) is 0.435. The minimum atomic E-state index is -0.598. The Kier molecular flexibility index (Phi) is 8.04. The van der Waals surface area contributed by atoms with E-state index in [1.807, 2.05) is 7.05 Å². The van der Waals surface area contributed by atoms with Crippen molar-refractivity contribution in [3.63, 3.8) is 0 Å². The van der Waals surface area contributed by atoms with Crippen LogP contribution in [0.5, 0.6) is 5.75 Å². The molecule has 3 N–H and O–H groups in total. The Morgan fingerprint density at radius 2 is 1.93 bits per heavy atom. The third-order valence-corrected chi connectivity index (χ3v) is 5.13. The van der Waals surface area contributed by atoms with Gasteiger partial charge in [0, 0.05) is 31.7 Å². The summed E-state index contributed by atoms with van der Waals surface area (Å²) in [6, 6.07) is 15.5. The molecule has 1 amide bonds. The second kappa shape index (κ2) is 11.0. The Hall–Kier alpha value is -2.41. The first-order valence-electron chi connectivity index (χ1n) is 10.3. The molecule has 0 saturated heterocycles. The summed E-state index contributed by atoms with van der Waals surface area (Å²) in [5.41, 5.74) is 3.27. The number of benzene rings is 2. The first-order valence-corrected chi connectivity index (χ1v) is 10.3. The van der Waals surface area contributed by atoms with Crippen LogP contribution < -0.4 is 15.4 Å². The molecule has 29 heavy (non-hydrogen) atoms. The highest BCUT2D eigenvalue weighted by Crippen LogP contribution is 2.18. The lowest BCUT2D eigenvalue weighted by molar-refractivity contribution is 0.0842. The standard InChI is InChI=1S/C23H31N3O3/c1-24-12-4-14-29-22-9-7-19(8-10-22)23(28)25-15-21(27)17-26-13-11-18-5-2-3-6-20(18)16-26/h2-3,5-10,21,24,27H,4,11-17H2,1H3,(H,25,28)/t21-/m0/s1. The van der Waals surface area contributed by atoms with E-state index in [1.54, 1.807) is 24.3 Å². The highest BCUT2D eigenvalue weighted by atomic mass is 16.5. The van der Waals surface area contributed by atoms with Gasteiger partial charge in [0.15, 0.2) is 0 Å². The fourth-order valence-electron chi connectivity index (χ4n) is 3.53. The number of nitrogens with zero attached hydrogens (tertiary/aromatic N) is 1. The number of ether oxygens (including phenoxy) is 1. The van der Waals surface area contributed by atoms with Crippen LogP contribution in [0.15, 0.2) is 48.5 Å². The smallest absolute Gasteiger partial charge is 0.251 e. The predicted octanol–water partition coefficient (Wildman–Crippen LogP) is 1.82. The lowest BCUT2D eigenvalue weighted by atomic mass is 10.00. The highest BCUT2D eigenvalue weighted by Gasteiger charge is 2.19. The molecule has 2 aromatic rings. The van der Waals surface area contributed by atoms with Crippen LogP contribution >= 0.6 is 0 Å². The zero-order chi connectivity index (χ0) is 20.5. The molecule has 0 unspecified atom stereocenters. The molecule has 1 heterocycles. The molecule has 0 radical (unpaired) electrons. The van der Waals surface area contributed by atoms with Crippen molar-refractivity contribution in [2.75, 3.05) is 39.8 Å². The summed E-state index contributed by atoms with van der Waals surface area (Å²) in [6.45, 7) is 4.11. The summed E-state index contributed by atoms with van der Waals surface area (Å²) >= 11 is 0. The zero-order valence-corrected chi connectivity index (χ0v) is 17.1. The second-order valence-corrected chi connectivity index (χ2v) is 7.45. The van der Waals surface area contributed by atoms with Gasteiger partial charge in [-0.1, -0.05) is 24.3 Å². The van der Waals surface area contributed by atoms with Crippen molar-refractivity contribution in [1.82, 2.24) is 15.5 Å². The number of amides is 1. The summed E-state index contributed by atoms with van der Waals surface area (Å²) in [5, 5.41) is 16.2. The molecule has 1 atom stereocenters. The Bertz CT molecular complexity index is 779. The summed E-state index contributed by atoms with van der Waals surface area (Å²) in [6.07, 6.45) is 1.33. The van der Waals surface area contributed by atoms with Gasteiger partial charge in [-0.15, -0.1) is 0 Å². The molecule has 1 aliphatic heterocycles. The number of fused-ring (bicyclic) bond motifs is 1. The highest BCUT2D eigenvalue weighted by molar-refractivity contribution is 5.94. The SMILES string of the molecule is CNCCCOc1ccc(C(=O)NC[C@H](O)CN2CCc3ccccc3C2)cc1. The molecule has 0 spiro atoms. The minimum Gasteiger partial charge on any atom is -0.494 e. The van der Waals surface area contributed by atoms with E-state index in [9.17, 15) is 9.90 Å². The van der Waals surface area contributed by atoms with E-state index in [0.717, 1.165) is 38.2 Å². The van der Waals surface area contributed by atoms with E-state index >= 15 is 0 Å². The Morgan fingerprint density at radius 1 is 1.17 bits per heavy atom. The van der Waals surface area contributed by atoms with Gasteiger partial charge in [0.25, 0.3) is 5.91 Å².